The number of benzene rings is 1. The van der Waals surface area contributed by atoms with Crippen molar-refractivity contribution in [3.63, 3.8) is 0 Å². The van der Waals surface area contributed by atoms with Gasteiger partial charge in [-0.3, -0.25) is 0 Å². The summed E-state index contributed by atoms with van der Waals surface area (Å²) in [6, 6.07) is 5.75. The Morgan fingerprint density at radius 1 is 1.53 bits per heavy atom. The van der Waals surface area contributed by atoms with Gasteiger partial charge in [0.15, 0.2) is 0 Å². The molecule has 1 aromatic carbocycles. The highest BCUT2D eigenvalue weighted by Crippen LogP contribution is 2.22. The van der Waals surface area contributed by atoms with Gasteiger partial charge in [-0.05, 0) is 24.6 Å². The Labute approximate surface area is 98.8 Å². The number of halogens is 2. The van der Waals surface area contributed by atoms with Crippen molar-refractivity contribution in [1.82, 2.24) is 0 Å². The summed E-state index contributed by atoms with van der Waals surface area (Å²) in [6.07, 6.45) is 0.781. The maximum atomic E-state index is 5.89. The van der Waals surface area contributed by atoms with Gasteiger partial charge in [-0.25, -0.2) is 0 Å². The van der Waals surface area contributed by atoms with E-state index in [1.165, 1.54) is 0 Å². The van der Waals surface area contributed by atoms with Gasteiger partial charge in [0.05, 0.1) is 11.6 Å². The number of aryl methyl sites for hydroxylation is 1. The molecule has 15 heavy (non-hydrogen) atoms. The van der Waals surface area contributed by atoms with Crippen LogP contribution in [0.1, 0.15) is 17.5 Å². The van der Waals surface area contributed by atoms with Crippen molar-refractivity contribution in [2.24, 2.45) is 5.16 Å². The van der Waals surface area contributed by atoms with Crippen LogP contribution in [0.2, 0.25) is 5.02 Å². The van der Waals surface area contributed by atoms with Crippen LogP contribution in [0.15, 0.2) is 23.4 Å². The lowest BCUT2D eigenvalue weighted by atomic mass is 10.0. The molecule has 0 bridgehead atoms. The molecule has 4 heteroatoms. The van der Waals surface area contributed by atoms with E-state index in [9.17, 15) is 0 Å². The molecule has 1 aliphatic heterocycles. The van der Waals surface area contributed by atoms with Gasteiger partial charge < -0.3 is 4.84 Å². The van der Waals surface area contributed by atoms with Crippen LogP contribution in [0.25, 0.3) is 0 Å². The molecule has 1 atom stereocenters. The number of rotatable bonds is 2. The Bertz CT molecular complexity index is 404. The monoisotopic (exact) mass is 243 g/mol. The Kier molecular flexibility index (Phi) is 3.17. The largest absolute Gasteiger partial charge is 0.391 e. The quantitative estimate of drug-likeness (QED) is 0.731. The minimum absolute atomic E-state index is 0.0109. The molecule has 0 aromatic heterocycles. The SMILES string of the molecule is Cc1cc(Cl)ccc1C1=NOC(CCl)C1. The van der Waals surface area contributed by atoms with Crippen molar-refractivity contribution in [2.75, 3.05) is 5.88 Å². The first-order valence-electron chi connectivity index (χ1n) is 4.76. The number of nitrogens with zero attached hydrogens (tertiary/aromatic N) is 1. The third-order valence-electron chi connectivity index (χ3n) is 2.40. The van der Waals surface area contributed by atoms with Crippen molar-refractivity contribution in [3.8, 4) is 0 Å². The molecule has 1 unspecified atom stereocenters. The molecule has 1 heterocycles. The summed E-state index contributed by atoms with van der Waals surface area (Å²) >= 11 is 11.6. The van der Waals surface area contributed by atoms with Gasteiger partial charge >= 0.3 is 0 Å². The standard InChI is InChI=1S/C11H11Cl2NO/c1-7-4-8(13)2-3-10(7)11-5-9(6-12)15-14-11/h2-4,9H,5-6H2,1H3. The van der Waals surface area contributed by atoms with E-state index < -0.39 is 0 Å². The fourth-order valence-corrected chi connectivity index (χ4v) is 2.01. The van der Waals surface area contributed by atoms with Gasteiger partial charge in [-0.15, -0.1) is 11.6 Å². The molecular weight excluding hydrogens is 233 g/mol. The van der Waals surface area contributed by atoms with Crippen LogP contribution in [-0.4, -0.2) is 17.7 Å². The maximum absolute atomic E-state index is 5.89. The zero-order valence-electron chi connectivity index (χ0n) is 8.34. The van der Waals surface area contributed by atoms with Crippen LogP contribution in [-0.2, 0) is 4.84 Å². The van der Waals surface area contributed by atoms with E-state index in [0.717, 1.165) is 28.3 Å². The van der Waals surface area contributed by atoms with Crippen molar-refractivity contribution in [1.29, 1.82) is 0 Å². The predicted octanol–water partition coefficient (Wildman–Crippen LogP) is 3.38. The molecule has 0 aliphatic carbocycles. The van der Waals surface area contributed by atoms with Crippen molar-refractivity contribution in [2.45, 2.75) is 19.4 Å². The van der Waals surface area contributed by atoms with Gasteiger partial charge in [0.1, 0.15) is 6.10 Å². The lowest BCUT2D eigenvalue weighted by molar-refractivity contribution is 0.102. The topological polar surface area (TPSA) is 21.6 Å². The van der Waals surface area contributed by atoms with Crippen molar-refractivity contribution in [3.05, 3.63) is 34.3 Å². The second-order valence-corrected chi connectivity index (χ2v) is 4.33. The third-order valence-corrected chi connectivity index (χ3v) is 2.98. The minimum atomic E-state index is 0.0109. The fraction of sp³-hybridized carbons (Fsp3) is 0.364. The normalized spacial score (nSPS) is 19.9. The lowest BCUT2D eigenvalue weighted by Crippen LogP contribution is -2.10. The van der Waals surface area contributed by atoms with E-state index in [4.69, 9.17) is 28.0 Å². The van der Waals surface area contributed by atoms with E-state index in [-0.39, 0.29) is 6.10 Å². The van der Waals surface area contributed by atoms with E-state index in [2.05, 4.69) is 5.16 Å². The van der Waals surface area contributed by atoms with Gasteiger partial charge in [0, 0.05) is 17.0 Å². The van der Waals surface area contributed by atoms with Crippen LogP contribution < -0.4 is 0 Å². The van der Waals surface area contributed by atoms with Crippen LogP contribution in [0, 0.1) is 6.92 Å². The average molecular weight is 244 g/mol. The molecule has 1 aromatic rings. The number of hydrogen-bond acceptors (Lipinski definition) is 2. The van der Waals surface area contributed by atoms with Crippen LogP contribution in [0.5, 0.6) is 0 Å². The molecule has 2 nitrogen and oxygen atoms in total. The maximum Gasteiger partial charge on any atom is 0.146 e. The summed E-state index contributed by atoms with van der Waals surface area (Å²) in [7, 11) is 0. The van der Waals surface area contributed by atoms with Gasteiger partial charge in [0.25, 0.3) is 0 Å². The third kappa shape index (κ3) is 2.27. The first kappa shape index (κ1) is 10.8. The van der Waals surface area contributed by atoms with E-state index in [1.807, 2.05) is 25.1 Å². The summed E-state index contributed by atoms with van der Waals surface area (Å²) in [6.45, 7) is 2.01. The Morgan fingerprint density at radius 2 is 2.33 bits per heavy atom. The first-order chi connectivity index (χ1) is 7.20. The Balaban J connectivity index is 2.24. The summed E-state index contributed by atoms with van der Waals surface area (Å²) in [4.78, 5) is 5.18. The minimum Gasteiger partial charge on any atom is -0.391 e. The average Bonchev–Trinajstić information content (AvgIpc) is 2.66. The summed E-state index contributed by atoms with van der Waals surface area (Å²) < 4.78 is 0. The van der Waals surface area contributed by atoms with Gasteiger partial charge in [-0.1, -0.05) is 22.8 Å². The molecule has 0 amide bonds. The predicted molar refractivity (Wildman–Crippen MR) is 62.9 cm³/mol. The van der Waals surface area contributed by atoms with Crippen molar-refractivity contribution < 1.29 is 4.84 Å². The smallest absolute Gasteiger partial charge is 0.146 e. The highest BCUT2D eigenvalue weighted by Gasteiger charge is 2.22. The summed E-state index contributed by atoms with van der Waals surface area (Å²) in [5.74, 6) is 0.472. The van der Waals surface area contributed by atoms with Crippen molar-refractivity contribution >= 4 is 28.9 Å². The highest BCUT2D eigenvalue weighted by molar-refractivity contribution is 6.30. The van der Waals surface area contributed by atoms with E-state index >= 15 is 0 Å². The Morgan fingerprint density at radius 3 is 2.93 bits per heavy atom. The Hall–Kier alpha value is -0.730. The van der Waals surface area contributed by atoms with Crippen LogP contribution >= 0.6 is 23.2 Å². The molecule has 0 N–H and O–H groups in total. The molecule has 0 spiro atoms. The molecule has 2 rings (SSSR count). The van der Waals surface area contributed by atoms with Crippen LogP contribution in [0.3, 0.4) is 0 Å². The molecule has 0 fully saturated rings. The molecule has 0 saturated heterocycles. The second kappa shape index (κ2) is 4.42. The number of hydrogen-bond donors (Lipinski definition) is 0. The van der Waals surface area contributed by atoms with Crippen LogP contribution in [0.4, 0.5) is 0 Å². The summed E-state index contributed by atoms with van der Waals surface area (Å²) in [5, 5.41) is 4.78. The molecule has 80 valence electrons. The number of alkyl halides is 1. The summed E-state index contributed by atoms with van der Waals surface area (Å²) in [5.41, 5.74) is 3.15. The van der Waals surface area contributed by atoms with E-state index in [1.54, 1.807) is 0 Å². The van der Waals surface area contributed by atoms with Gasteiger partial charge in [-0.2, -0.15) is 0 Å². The molecule has 0 radical (unpaired) electrons. The zero-order valence-corrected chi connectivity index (χ0v) is 9.85. The lowest BCUT2D eigenvalue weighted by Gasteiger charge is -2.04. The second-order valence-electron chi connectivity index (χ2n) is 3.58. The number of oxime groups is 1. The molecule has 0 saturated carbocycles. The molecular formula is C11H11Cl2NO. The van der Waals surface area contributed by atoms with E-state index in [0.29, 0.717) is 5.88 Å². The highest BCUT2D eigenvalue weighted by atomic mass is 35.5. The zero-order chi connectivity index (χ0) is 10.8. The fourth-order valence-electron chi connectivity index (χ4n) is 1.62. The van der Waals surface area contributed by atoms with Gasteiger partial charge in [0.2, 0.25) is 0 Å². The molecule has 1 aliphatic rings. The first-order valence-corrected chi connectivity index (χ1v) is 5.67.